The van der Waals surface area contributed by atoms with Gasteiger partial charge in [0.1, 0.15) is 0 Å². The van der Waals surface area contributed by atoms with E-state index in [1.807, 2.05) is 0 Å². The van der Waals surface area contributed by atoms with Crippen LogP contribution in [-0.2, 0) is 4.74 Å². The number of nitrogens with one attached hydrogen (secondary N) is 1. The van der Waals surface area contributed by atoms with Gasteiger partial charge in [0.05, 0.1) is 24.4 Å². The van der Waals surface area contributed by atoms with E-state index in [4.69, 9.17) is 15.6 Å². The average molecular weight is 227 g/mol. The maximum absolute atomic E-state index is 11.7. The molecule has 0 aliphatic carbocycles. The summed E-state index contributed by atoms with van der Waals surface area (Å²) in [5.41, 5.74) is 6.14. The highest BCUT2D eigenvalue weighted by Gasteiger charge is 2.19. The number of nitrogens with two attached hydrogens (primary N) is 1. The lowest BCUT2D eigenvalue weighted by Crippen LogP contribution is -2.27. The summed E-state index contributed by atoms with van der Waals surface area (Å²) in [6.07, 6.45) is 1.66. The van der Waals surface area contributed by atoms with Crippen molar-refractivity contribution >= 4 is 0 Å². The third-order valence-electron chi connectivity index (χ3n) is 2.92. The second-order valence-electron chi connectivity index (χ2n) is 4.05. The van der Waals surface area contributed by atoms with Gasteiger partial charge in [0, 0.05) is 19.3 Å². The summed E-state index contributed by atoms with van der Waals surface area (Å²) in [5.74, 6) is 0. The summed E-state index contributed by atoms with van der Waals surface area (Å²) in [5, 5.41) is 11.9. The van der Waals surface area contributed by atoms with Gasteiger partial charge in [-0.1, -0.05) is 0 Å². The number of aliphatic hydroxyl groups excluding tert-OH is 1. The SMILES string of the molecule is NC(CO)c1cc(=O)n(C2CCOCC2)[nH]1. The third kappa shape index (κ3) is 2.18. The molecule has 0 radical (unpaired) electrons. The molecule has 1 aliphatic rings. The van der Waals surface area contributed by atoms with Crippen LogP contribution in [-0.4, -0.2) is 34.7 Å². The highest BCUT2D eigenvalue weighted by atomic mass is 16.5. The molecule has 1 aliphatic heterocycles. The molecule has 90 valence electrons. The monoisotopic (exact) mass is 227 g/mol. The zero-order valence-corrected chi connectivity index (χ0v) is 9.06. The largest absolute Gasteiger partial charge is 0.394 e. The molecule has 1 aromatic heterocycles. The van der Waals surface area contributed by atoms with Gasteiger partial charge in [-0.15, -0.1) is 0 Å². The molecule has 0 saturated carbocycles. The van der Waals surface area contributed by atoms with Crippen molar-refractivity contribution in [3.05, 3.63) is 22.1 Å². The van der Waals surface area contributed by atoms with Crippen LogP contribution in [0.3, 0.4) is 0 Å². The number of aromatic amines is 1. The summed E-state index contributed by atoms with van der Waals surface area (Å²) >= 11 is 0. The first-order chi connectivity index (χ1) is 7.72. The standard InChI is InChI=1S/C10H17N3O3/c11-8(6-14)9-5-10(15)13(12-9)7-1-3-16-4-2-7/h5,7-8,12,14H,1-4,6,11H2. The number of hydrogen-bond acceptors (Lipinski definition) is 4. The van der Waals surface area contributed by atoms with Gasteiger partial charge in [0.15, 0.2) is 0 Å². The van der Waals surface area contributed by atoms with Gasteiger partial charge in [-0.25, -0.2) is 4.68 Å². The topological polar surface area (TPSA) is 93.3 Å². The van der Waals surface area contributed by atoms with Crippen LogP contribution in [0.2, 0.25) is 0 Å². The zero-order valence-electron chi connectivity index (χ0n) is 9.06. The Kier molecular flexibility index (Phi) is 3.42. The van der Waals surface area contributed by atoms with E-state index < -0.39 is 6.04 Å². The molecule has 0 amide bonds. The normalized spacial score (nSPS) is 19.9. The summed E-state index contributed by atoms with van der Waals surface area (Å²) in [6.45, 7) is 1.18. The van der Waals surface area contributed by atoms with Gasteiger partial charge in [-0.3, -0.25) is 9.89 Å². The lowest BCUT2D eigenvalue weighted by Gasteiger charge is -2.22. The molecule has 4 N–H and O–H groups in total. The molecule has 16 heavy (non-hydrogen) atoms. The van der Waals surface area contributed by atoms with Gasteiger partial charge >= 0.3 is 0 Å². The number of rotatable bonds is 3. The van der Waals surface area contributed by atoms with Crippen molar-refractivity contribution in [3.8, 4) is 0 Å². The Morgan fingerprint density at radius 3 is 2.94 bits per heavy atom. The Labute approximate surface area is 93.0 Å². The minimum absolute atomic E-state index is 0.0919. The number of hydrogen-bond donors (Lipinski definition) is 3. The van der Waals surface area contributed by atoms with Crippen molar-refractivity contribution < 1.29 is 9.84 Å². The molecule has 0 spiro atoms. The van der Waals surface area contributed by atoms with Crippen molar-refractivity contribution in [1.29, 1.82) is 0 Å². The van der Waals surface area contributed by atoms with E-state index in [-0.39, 0.29) is 18.2 Å². The molecule has 2 rings (SSSR count). The van der Waals surface area contributed by atoms with Crippen LogP contribution < -0.4 is 11.3 Å². The molecule has 1 saturated heterocycles. The lowest BCUT2D eigenvalue weighted by molar-refractivity contribution is 0.0651. The van der Waals surface area contributed by atoms with Crippen LogP contribution in [0.5, 0.6) is 0 Å². The Hall–Kier alpha value is -1.11. The molecule has 2 heterocycles. The van der Waals surface area contributed by atoms with E-state index >= 15 is 0 Å². The predicted molar refractivity (Wildman–Crippen MR) is 58.2 cm³/mol. The van der Waals surface area contributed by atoms with Gasteiger partial charge < -0.3 is 15.6 Å². The van der Waals surface area contributed by atoms with Gasteiger partial charge in [0.2, 0.25) is 0 Å². The maximum atomic E-state index is 11.7. The first kappa shape index (κ1) is 11.4. The van der Waals surface area contributed by atoms with E-state index in [1.54, 1.807) is 4.68 Å². The molecule has 6 nitrogen and oxygen atoms in total. The van der Waals surface area contributed by atoms with Crippen molar-refractivity contribution in [2.45, 2.75) is 24.9 Å². The average Bonchev–Trinajstić information content (AvgIpc) is 2.71. The molecular weight excluding hydrogens is 210 g/mol. The molecule has 6 heteroatoms. The van der Waals surface area contributed by atoms with E-state index in [1.165, 1.54) is 6.07 Å². The van der Waals surface area contributed by atoms with Crippen LogP contribution >= 0.6 is 0 Å². The molecule has 1 unspecified atom stereocenters. The van der Waals surface area contributed by atoms with Crippen LogP contribution in [0.1, 0.15) is 30.6 Å². The van der Waals surface area contributed by atoms with E-state index in [9.17, 15) is 4.79 Å². The number of H-pyrrole nitrogens is 1. The fourth-order valence-corrected chi connectivity index (χ4v) is 1.93. The first-order valence-electron chi connectivity index (χ1n) is 5.48. The molecule has 1 fully saturated rings. The lowest BCUT2D eigenvalue weighted by atomic mass is 10.1. The highest BCUT2D eigenvalue weighted by molar-refractivity contribution is 5.05. The van der Waals surface area contributed by atoms with Crippen molar-refractivity contribution in [2.24, 2.45) is 5.73 Å². The third-order valence-corrected chi connectivity index (χ3v) is 2.92. The van der Waals surface area contributed by atoms with Crippen LogP contribution in [0.25, 0.3) is 0 Å². The fraction of sp³-hybridized carbons (Fsp3) is 0.700. The quantitative estimate of drug-likeness (QED) is 0.650. The Balaban J connectivity index is 2.20. The number of nitrogens with zero attached hydrogens (tertiary/aromatic N) is 1. The van der Waals surface area contributed by atoms with Gasteiger partial charge in [-0.05, 0) is 12.8 Å². The van der Waals surface area contributed by atoms with E-state index in [0.29, 0.717) is 18.9 Å². The molecule has 0 aromatic carbocycles. The molecule has 1 aromatic rings. The second kappa shape index (κ2) is 4.82. The Morgan fingerprint density at radius 2 is 2.31 bits per heavy atom. The minimum Gasteiger partial charge on any atom is -0.394 e. The number of ether oxygens (including phenoxy) is 1. The summed E-state index contributed by atoms with van der Waals surface area (Å²) in [7, 11) is 0. The Bertz CT molecular complexity index is 392. The van der Waals surface area contributed by atoms with Crippen LogP contribution in [0, 0.1) is 0 Å². The fourth-order valence-electron chi connectivity index (χ4n) is 1.93. The predicted octanol–water partition coefficient (Wildman–Crippen LogP) is -0.480. The first-order valence-corrected chi connectivity index (χ1v) is 5.48. The van der Waals surface area contributed by atoms with Crippen molar-refractivity contribution in [1.82, 2.24) is 9.78 Å². The zero-order chi connectivity index (χ0) is 11.5. The molecular formula is C10H17N3O3. The second-order valence-corrected chi connectivity index (χ2v) is 4.05. The summed E-state index contributed by atoms with van der Waals surface area (Å²) < 4.78 is 6.83. The van der Waals surface area contributed by atoms with E-state index in [0.717, 1.165) is 12.8 Å². The van der Waals surface area contributed by atoms with Crippen LogP contribution in [0.15, 0.2) is 10.9 Å². The Morgan fingerprint density at radius 1 is 1.62 bits per heavy atom. The van der Waals surface area contributed by atoms with Crippen LogP contribution in [0.4, 0.5) is 0 Å². The number of aliphatic hydroxyl groups is 1. The minimum atomic E-state index is -0.520. The molecule has 0 bridgehead atoms. The van der Waals surface area contributed by atoms with Crippen molar-refractivity contribution in [2.75, 3.05) is 19.8 Å². The van der Waals surface area contributed by atoms with Crippen molar-refractivity contribution in [3.63, 3.8) is 0 Å². The number of aromatic nitrogens is 2. The van der Waals surface area contributed by atoms with Gasteiger partial charge in [0.25, 0.3) is 5.56 Å². The van der Waals surface area contributed by atoms with Gasteiger partial charge in [-0.2, -0.15) is 0 Å². The smallest absolute Gasteiger partial charge is 0.267 e. The molecule has 1 atom stereocenters. The maximum Gasteiger partial charge on any atom is 0.267 e. The van der Waals surface area contributed by atoms with E-state index in [2.05, 4.69) is 5.10 Å². The summed E-state index contributed by atoms with van der Waals surface area (Å²) in [4.78, 5) is 11.7. The highest BCUT2D eigenvalue weighted by Crippen LogP contribution is 2.18. The summed E-state index contributed by atoms with van der Waals surface area (Å²) in [6, 6.07) is 1.09.